The molecule has 1 aromatic carbocycles. The van der Waals surface area contributed by atoms with Crippen LogP contribution in [0.5, 0.6) is 5.75 Å². The van der Waals surface area contributed by atoms with Gasteiger partial charge in [-0.05, 0) is 42.4 Å². The molecule has 0 radical (unpaired) electrons. The largest absolute Gasteiger partial charge is 0.496 e. The molecule has 1 aliphatic heterocycles. The van der Waals surface area contributed by atoms with Crippen molar-refractivity contribution < 1.29 is 14.3 Å². The fourth-order valence-electron chi connectivity index (χ4n) is 3.61. The van der Waals surface area contributed by atoms with Crippen LogP contribution in [0.3, 0.4) is 0 Å². The van der Waals surface area contributed by atoms with Crippen LogP contribution >= 0.6 is 0 Å². The topological polar surface area (TPSA) is 49.9 Å². The van der Waals surface area contributed by atoms with Gasteiger partial charge in [-0.2, -0.15) is 0 Å². The van der Waals surface area contributed by atoms with E-state index in [0.29, 0.717) is 25.4 Å². The molecule has 0 atom stereocenters. The Balaban J connectivity index is 1.61. The van der Waals surface area contributed by atoms with Gasteiger partial charge in [0.05, 0.1) is 13.5 Å². The first-order valence-corrected chi connectivity index (χ1v) is 9.73. The Morgan fingerprint density at radius 1 is 1.12 bits per heavy atom. The van der Waals surface area contributed by atoms with Crippen LogP contribution < -0.4 is 4.74 Å². The minimum atomic E-state index is 0.144. The monoisotopic (exact) mass is 358 g/mol. The van der Waals surface area contributed by atoms with Crippen LogP contribution in [0.4, 0.5) is 0 Å². The summed E-state index contributed by atoms with van der Waals surface area (Å²) in [6.45, 7) is 7.08. The van der Waals surface area contributed by atoms with E-state index in [-0.39, 0.29) is 17.7 Å². The lowest BCUT2D eigenvalue weighted by molar-refractivity contribution is -0.134. The van der Waals surface area contributed by atoms with E-state index >= 15 is 0 Å². The van der Waals surface area contributed by atoms with Crippen LogP contribution in [0.25, 0.3) is 0 Å². The molecule has 2 amide bonds. The maximum absolute atomic E-state index is 12.8. The van der Waals surface area contributed by atoms with Gasteiger partial charge in [-0.15, -0.1) is 0 Å². The van der Waals surface area contributed by atoms with Crippen molar-refractivity contribution in [1.29, 1.82) is 0 Å². The SMILES string of the molecule is COc1ccc(CC(=O)N2CCCN(C(=O)C3CC3)CC2)cc1C(C)C. The van der Waals surface area contributed by atoms with Crippen molar-refractivity contribution in [3.8, 4) is 5.75 Å². The van der Waals surface area contributed by atoms with Gasteiger partial charge in [0.2, 0.25) is 11.8 Å². The number of benzene rings is 1. The number of carbonyl (C=O) groups is 2. The van der Waals surface area contributed by atoms with Crippen molar-refractivity contribution >= 4 is 11.8 Å². The molecule has 1 aliphatic carbocycles. The highest BCUT2D eigenvalue weighted by molar-refractivity contribution is 5.81. The fourth-order valence-corrected chi connectivity index (χ4v) is 3.61. The van der Waals surface area contributed by atoms with Gasteiger partial charge in [0.1, 0.15) is 5.75 Å². The third kappa shape index (κ3) is 4.37. The number of amides is 2. The molecule has 0 N–H and O–H groups in total. The van der Waals surface area contributed by atoms with E-state index in [2.05, 4.69) is 19.9 Å². The number of rotatable bonds is 5. The Morgan fingerprint density at radius 3 is 2.46 bits per heavy atom. The maximum atomic E-state index is 12.8. The van der Waals surface area contributed by atoms with Crippen LogP contribution in [-0.2, 0) is 16.0 Å². The Labute approximate surface area is 156 Å². The van der Waals surface area contributed by atoms with Gasteiger partial charge < -0.3 is 14.5 Å². The molecule has 0 aromatic heterocycles. The van der Waals surface area contributed by atoms with Crippen molar-refractivity contribution in [2.45, 2.75) is 45.4 Å². The summed E-state index contributed by atoms with van der Waals surface area (Å²) in [5.41, 5.74) is 2.16. The van der Waals surface area contributed by atoms with Gasteiger partial charge in [-0.1, -0.05) is 26.0 Å². The average molecular weight is 358 g/mol. The summed E-state index contributed by atoms with van der Waals surface area (Å²) in [5.74, 6) is 1.91. The Morgan fingerprint density at radius 2 is 1.81 bits per heavy atom. The van der Waals surface area contributed by atoms with Gasteiger partial charge >= 0.3 is 0 Å². The molecule has 0 spiro atoms. The zero-order chi connectivity index (χ0) is 18.7. The van der Waals surface area contributed by atoms with Crippen molar-refractivity contribution in [2.75, 3.05) is 33.3 Å². The first-order valence-electron chi connectivity index (χ1n) is 9.73. The van der Waals surface area contributed by atoms with E-state index in [4.69, 9.17) is 4.74 Å². The Hall–Kier alpha value is -2.04. The molecule has 142 valence electrons. The maximum Gasteiger partial charge on any atom is 0.227 e. The summed E-state index contributed by atoms with van der Waals surface area (Å²) in [5, 5.41) is 0. The molecular formula is C21H30N2O3. The Bertz CT molecular complexity index is 667. The normalized spacial score (nSPS) is 18.0. The Kier molecular flexibility index (Phi) is 5.84. The summed E-state index contributed by atoms with van der Waals surface area (Å²) in [7, 11) is 1.68. The van der Waals surface area contributed by atoms with Crippen molar-refractivity contribution in [2.24, 2.45) is 5.92 Å². The first kappa shape index (κ1) is 18.7. The molecule has 1 saturated carbocycles. The second kappa shape index (κ2) is 8.11. The highest BCUT2D eigenvalue weighted by Crippen LogP contribution is 2.31. The van der Waals surface area contributed by atoms with Gasteiger partial charge in [0, 0.05) is 32.1 Å². The number of methoxy groups -OCH3 is 1. The third-order valence-corrected chi connectivity index (χ3v) is 5.36. The molecule has 0 unspecified atom stereocenters. The number of ether oxygens (including phenoxy) is 1. The smallest absolute Gasteiger partial charge is 0.227 e. The van der Waals surface area contributed by atoms with E-state index in [1.165, 1.54) is 0 Å². The van der Waals surface area contributed by atoms with Crippen molar-refractivity contribution in [3.05, 3.63) is 29.3 Å². The van der Waals surface area contributed by atoms with E-state index in [1.807, 2.05) is 21.9 Å². The predicted molar refractivity (Wildman–Crippen MR) is 101 cm³/mol. The zero-order valence-corrected chi connectivity index (χ0v) is 16.2. The van der Waals surface area contributed by atoms with E-state index in [1.54, 1.807) is 7.11 Å². The van der Waals surface area contributed by atoms with Gasteiger partial charge in [-0.25, -0.2) is 0 Å². The molecule has 0 bridgehead atoms. The average Bonchev–Trinajstić information content (AvgIpc) is 3.47. The molecule has 5 heteroatoms. The van der Waals surface area contributed by atoms with Gasteiger partial charge in [-0.3, -0.25) is 9.59 Å². The molecule has 1 heterocycles. The lowest BCUT2D eigenvalue weighted by Gasteiger charge is -2.22. The van der Waals surface area contributed by atoms with Crippen LogP contribution in [0, 0.1) is 5.92 Å². The minimum Gasteiger partial charge on any atom is -0.496 e. The number of hydrogen-bond donors (Lipinski definition) is 0. The molecule has 1 aromatic rings. The van der Waals surface area contributed by atoms with Crippen molar-refractivity contribution in [1.82, 2.24) is 9.80 Å². The lowest BCUT2D eigenvalue weighted by Crippen LogP contribution is -2.38. The minimum absolute atomic E-state index is 0.144. The fraction of sp³-hybridized carbons (Fsp3) is 0.619. The molecule has 1 saturated heterocycles. The summed E-state index contributed by atoms with van der Waals surface area (Å²) in [4.78, 5) is 28.9. The van der Waals surface area contributed by atoms with E-state index < -0.39 is 0 Å². The first-order chi connectivity index (χ1) is 12.5. The number of hydrogen-bond acceptors (Lipinski definition) is 3. The standard InChI is InChI=1S/C21H30N2O3/c1-15(2)18-13-16(5-8-19(18)26-3)14-20(24)22-9-4-10-23(12-11-22)21(25)17-6-7-17/h5,8,13,15,17H,4,6-7,9-12,14H2,1-3H3. The summed E-state index contributed by atoms with van der Waals surface area (Å²) >= 11 is 0. The molecule has 26 heavy (non-hydrogen) atoms. The molecule has 2 fully saturated rings. The third-order valence-electron chi connectivity index (χ3n) is 5.36. The zero-order valence-electron chi connectivity index (χ0n) is 16.2. The lowest BCUT2D eigenvalue weighted by atomic mass is 9.98. The summed E-state index contributed by atoms with van der Waals surface area (Å²) < 4.78 is 5.43. The second-order valence-corrected chi connectivity index (χ2v) is 7.74. The molecule has 3 rings (SSSR count). The number of carbonyl (C=O) groups excluding carboxylic acids is 2. The summed E-state index contributed by atoms with van der Waals surface area (Å²) in [6.07, 6.45) is 3.34. The number of nitrogens with zero attached hydrogens (tertiary/aromatic N) is 2. The molecule has 5 nitrogen and oxygen atoms in total. The van der Waals surface area contributed by atoms with Crippen LogP contribution in [0.2, 0.25) is 0 Å². The van der Waals surface area contributed by atoms with E-state index in [9.17, 15) is 9.59 Å². The van der Waals surface area contributed by atoms with Gasteiger partial charge in [0.25, 0.3) is 0 Å². The van der Waals surface area contributed by atoms with Gasteiger partial charge in [0.15, 0.2) is 0 Å². The quantitative estimate of drug-likeness (QED) is 0.813. The van der Waals surface area contributed by atoms with Crippen LogP contribution in [-0.4, -0.2) is 54.9 Å². The molecule has 2 aliphatic rings. The molecular weight excluding hydrogens is 328 g/mol. The predicted octanol–water partition coefficient (Wildman–Crippen LogP) is 2.83. The highest BCUT2D eigenvalue weighted by Gasteiger charge is 2.34. The van der Waals surface area contributed by atoms with Crippen LogP contribution in [0.15, 0.2) is 18.2 Å². The van der Waals surface area contributed by atoms with Crippen molar-refractivity contribution in [3.63, 3.8) is 0 Å². The second-order valence-electron chi connectivity index (χ2n) is 7.74. The summed E-state index contributed by atoms with van der Waals surface area (Å²) in [6, 6.07) is 6.02. The van der Waals surface area contributed by atoms with E-state index in [0.717, 1.165) is 49.2 Å². The highest BCUT2D eigenvalue weighted by atomic mass is 16.5. The van der Waals surface area contributed by atoms with Crippen LogP contribution in [0.1, 0.15) is 50.2 Å².